The van der Waals surface area contributed by atoms with Gasteiger partial charge in [0.05, 0.1) is 0 Å². The lowest BCUT2D eigenvalue weighted by molar-refractivity contribution is 0.619. The molecule has 1 rings (SSSR count). The highest BCUT2D eigenvalue weighted by atomic mass is 14.7. The van der Waals surface area contributed by atoms with E-state index in [2.05, 4.69) is 10.9 Å². The first-order chi connectivity index (χ1) is 7.13. The van der Waals surface area contributed by atoms with E-state index in [-0.39, 0.29) is 6.04 Å². The van der Waals surface area contributed by atoms with Crippen LogP contribution in [0.3, 0.4) is 0 Å². The van der Waals surface area contributed by atoms with Gasteiger partial charge in [-0.3, -0.25) is 4.98 Å². The zero-order valence-corrected chi connectivity index (χ0v) is 9.46. The summed E-state index contributed by atoms with van der Waals surface area (Å²) in [5.74, 6) is 2.63. The summed E-state index contributed by atoms with van der Waals surface area (Å²) in [6.07, 6.45) is 7.92. The van der Waals surface area contributed by atoms with Gasteiger partial charge in [-0.25, -0.2) is 0 Å². The van der Waals surface area contributed by atoms with Gasteiger partial charge in [-0.05, 0) is 44.4 Å². The molecule has 0 saturated heterocycles. The molecule has 0 fully saturated rings. The summed E-state index contributed by atoms with van der Waals surface area (Å²) in [5, 5.41) is 0. The zero-order chi connectivity index (χ0) is 11.3. The first-order valence-corrected chi connectivity index (χ1v) is 5.27. The van der Waals surface area contributed by atoms with E-state index in [1.807, 2.05) is 26.0 Å². The summed E-state index contributed by atoms with van der Waals surface area (Å²) in [7, 11) is 0. The Kier molecular flexibility index (Phi) is 4.33. The Hall–Kier alpha value is -1.33. The molecule has 0 bridgehead atoms. The third kappa shape index (κ3) is 3.73. The lowest BCUT2D eigenvalue weighted by Crippen LogP contribution is -2.11. The lowest BCUT2D eigenvalue weighted by Gasteiger charge is -2.12. The molecule has 1 aromatic heterocycles. The van der Waals surface area contributed by atoms with Crippen LogP contribution >= 0.6 is 0 Å². The van der Waals surface area contributed by atoms with Crippen LogP contribution in [-0.2, 0) is 0 Å². The van der Waals surface area contributed by atoms with E-state index in [1.165, 1.54) is 0 Å². The smallest absolute Gasteiger partial charge is 0.0379 e. The van der Waals surface area contributed by atoms with E-state index in [9.17, 15) is 0 Å². The molecule has 0 aliphatic carbocycles. The van der Waals surface area contributed by atoms with Gasteiger partial charge in [-0.2, -0.15) is 0 Å². The van der Waals surface area contributed by atoms with Gasteiger partial charge in [0.2, 0.25) is 0 Å². The predicted molar refractivity (Wildman–Crippen MR) is 63.3 cm³/mol. The summed E-state index contributed by atoms with van der Waals surface area (Å²) in [6.45, 7) is 3.98. The molecule has 0 amide bonds. The highest BCUT2D eigenvalue weighted by Crippen LogP contribution is 2.17. The van der Waals surface area contributed by atoms with Gasteiger partial charge in [0, 0.05) is 23.9 Å². The van der Waals surface area contributed by atoms with Crippen molar-refractivity contribution in [2.24, 2.45) is 5.73 Å². The number of hydrogen-bond donors (Lipinski definition) is 1. The Morgan fingerprint density at radius 3 is 2.53 bits per heavy atom. The number of nitrogens with two attached hydrogens (primary N) is 1. The topological polar surface area (TPSA) is 38.9 Å². The van der Waals surface area contributed by atoms with Crippen LogP contribution in [0.4, 0.5) is 0 Å². The summed E-state index contributed by atoms with van der Waals surface area (Å²) >= 11 is 0. The second-order valence-electron chi connectivity index (χ2n) is 3.89. The number of aryl methyl sites for hydroxylation is 2. The van der Waals surface area contributed by atoms with Gasteiger partial charge in [0.15, 0.2) is 0 Å². The fourth-order valence-corrected chi connectivity index (χ4v) is 1.67. The maximum absolute atomic E-state index is 6.08. The number of aromatic nitrogens is 1. The SMILES string of the molecule is C#CCCCC(N)c1cc(C)nc(C)c1. The first kappa shape index (κ1) is 11.7. The van der Waals surface area contributed by atoms with Crippen molar-refractivity contribution in [1.29, 1.82) is 0 Å². The Morgan fingerprint density at radius 1 is 1.40 bits per heavy atom. The minimum Gasteiger partial charge on any atom is -0.324 e. The molecule has 1 atom stereocenters. The normalized spacial score (nSPS) is 12.1. The molecule has 1 aromatic rings. The fraction of sp³-hybridized carbons (Fsp3) is 0.462. The Balaban J connectivity index is 2.65. The van der Waals surface area contributed by atoms with E-state index in [4.69, 9.17) is 12.2 Å². The lowest BCUT2D eigenvalue weighted by atomic mass is 10.0. The van der Waals surface area contributed by atoms with E-state index in [0.717, 1.165) is 36.2 Å². The Morgan fingerprint density at radius 2 is 2.00 bits per heavy atom. The second kappa shape index (κ2) is 5.53. The first-order valence-electron chi connectivity index (χ1n) is 5.27. The van der Waals surface area contributed by atoms with E-state index in [1.54, 1.807) is 0 Å². The quantitative estimate of drug-likeness (QED) is 0.602. The molecule has 0 spiro atoms. The molecule has 1 unspecified atom stereocenters. The summed E-state index contributed by atoms with van der Waals surface area (Å²) in [4.78, 5) is 4.33. The number of hydrogen-bond acceptors (Lipinski definition) is 2. The van der Waals surface area contributed by atoms with Gasteiger partial charge in [0.25, 0.3) is 0 Å². The Bertz CT molecular complexity index is 343. The third-order valence-corrected chi connectivity index (χ3v) is 2.37. The van der Waals surface area contributed by atoms with Gasteiger partial charge < -0.3 is 5.73 Å². The van der Waals surface area contributed by atoms with E-state index < -0.39 is 0 Å². The van der Waals surface area contributed by atoms with Crippen molar-refractivity contribution in [3.63, 3.8) is 0 Å². The number of unbranched alkanes of at least 4 members (excludes halogenated alkanes) is 1. The monoisotopic (exact) mass is 202 g/mol. The van der Waals surface area contributed by atoms with Gasteiger partial charge >= 0.3 is 0 Å². The number of pyridine rings is 1. The number of rotatable bonds is 4. The Labute approximate surface area is 91.9 Å². The van der Waals surface area contributed by atoms with Crippen molar-refractivity contribution in [1.82, 2.24) is 4.98 Å². The molecular weight excluding hydrogens is 184 g/mol. The van der Waals surface area contributed by atoms with Crippen molar-refractivity contribution >= 4 is 0 Å². The van der Waals surface area contributed by atoms with Gasteiger partial charge in [-0.1, -0.05) is 0 Å². The maximum atomic E-state index is 6.08. The second-order valence-corrected chi connectivity index (χ2v) is 3.89. The largest absolute Gasteiger partial charge is 0.324 e. The molecule has 2 heteroatoms. The van der Waals surface area contributed by atoms with Crippen molar-refractivity contribution in [2.45, 2.75) is 39.2 Å². The van der Waals surface area contributed by atoms with Crippen LogP contribution < -0.4 is 5.73 Å². The highest BCUT2D eigenvalue weighted by molar-refractivity contribution is 5.23. The molecule has 0 radical (unpaired) electrons. The van der Waals surface area contributed by atoms with Crippen LogP contribution in [0.25, 0.3) is 0 Å². The molecule has 0 aliphatic rings. The molecule has 2 N–H and O–H groups in total. The van der Waals surface area contributed by atoms with Crippen molar-refractivity contribution in [3.05, 3.63) is 29.1 Å². The molecule has 0 aliphatic heterocycles. The van der Waals surface area contributed by atoms with Crippen LogP contribution in [-0.4, -0.2) is 4.98 Å². The predicted octanol–water partition coefficient (Wildman–Crippen LogP) is 2.50. The summed E-state index contributed by atoms with van der Waals surface area (Å²) in [6, 6.07) is 4.18. The summed E-state index contributed by atoms with van der Waals surface area (Å²) in [5.41, 5.74) is 9.29. The minimum atomic E-state index is 0.0822. The molecule has 2 nitrogen and oxygen atoms in total. The van der Waals surface area contributed by atoms with Crippen molar-refractivity contribution in [3.8, 4) is 12.3 Å². The van der Waals surface area contributed by atoms with Crippen LogP contribution in [0.15, 0.2) is 12.1 Å². The van der Waals surface area contributed by atoms with Crippen molar-refractivity contribution in [2.75, 3.05) is 0 Å². The molecule has 0 aromatic carbocycles. The standard InChI is InChI=1S/C13H18N2/c1-4-5-6-7-13(14)12-8-10(2)15-11(3)9-12/h1,8-9,13H,5-7,14H2,2-3H3. The average molecular weight is 202 g/mol. The fourth-order valence-electron chi connectivity index (χ4n) is 1.67. The minimum absolute atomic E-state index is 0.0822. The highest BCUT2D eigenvalue weighted by Gasteiger charge is 2.06. The van der Waals surface area contributed by atoms with Gasteiger partial charge in [0.1, 0.15) is 0 Å². The van der Waals surface area contributed by atoms with Gasteiger partial charge in [-0.15, -0.1) is 12.3 Å². The van der Waals surface area contributed by atoms with Crippen LogP contribution in [0.5, 0.6) is 0 Å². The molecule has 80 valence electrons. The maximum Gasteiger partial charge on any atom is 0.0379 e. The molecule has 15 heavy (non-hydrogen) atoms. The van der Waals surface area contributed by atoms with Crippen LogP contribution in [0.1, 0.15) is 42.3 Å². The average Bonchev–Trinajstić information content (AvgIpc) is 2.16. The van der Waals surface area contributed by atoms with E-state index >= 15 is 0 Å². The van der Waals surface area contributed by atoms with Crippen LogP contribution in [0.2, 0.25) is 0 Å². The molecular formula is C13H18N2. The molecule has 0 saturated carbocycles. The van der Waals surface area contributed by atoms with Crippen LogP contribution in [0, 0.1) is 26.2 Å². The summed E-state index contributed by atoms with van der Waals surface area (Å²) < 4.78 is 0. The third-order valence-electron chi connectivity index (χ3n) is 2.37. The molecule has 1 heterocycles. The number of terminal acetylenes is 1. The van der Waals surface area contributed by atoms with Crippen molar-refractivity contribution < 1.29 is 0 Å². The zero-order valence-electron chi connectivity index (χ0n) is 9.46. The number of nitrogens with zero attached hydrogens (tertiary/aromatic N) is 1. The van der Waals surface area contributed by atoms with E-state index in [0.29, 0.717) is 0 Å².